The standard InChI is InChI=1S/C19H28N4O4/c1-19(2,3)27-18(25)23-10-6-7-13(23)17(24)22(5)15-9-8-14-16(20-15)21(4)11-12-26-14/h8-9,13H,6-7,10-12H2,1-5H3/t13-/m0/s1. The molecule has 148 valence electrons. The van der Waals surface area contributed by atoms with Crippen molar-refractivity contribution in [3.8, 4) is 5.75 Å². The first-order chi connectivity index (χ1) is 12.7. The molecule has 0 aliphatic carbocycles. The second-order valence-corrected chi connectivity index (χ2v) is 7.99. The Balaban J connectivity index is 1.76. The lowest BCUT2D eigenvalue weighted by molar-refractivity contribution is -0.122. The number of anilines is 2. The molecule has 1 atom stereocenters. The molecule has 0 saturated carbocycles. The number of carbonyl (C=O) groups is 2. The lowest BCUT2D eigenvalue weighted by Crippen LogP contribution is -2.48. The highest BCUT2D eigenvalue weighted by Crippen LogP contribution is 2.31. The summed E-state index contributed by atoms with van der Waals surface area (Å²) in [7, 11) is 3.63. The van der Waals surface area contributed by atoms with Gasteiger partial charge < -0.3 is 14.4 Å². The third-order valence-corrected chi connectivity index (χ3v) is 4.71. The topological polar surface area (TPSA) is 75.2 Å². The number of amides is 2. The molecular formula is C19H28N4O4. The molecule has 0 N–H and O–H groups in total. The Morgan fingerprint density at radius 2 is 2.04 bits per heavy atom. The Morgan fingerprint density at radius 3 is 2.74 bits per heavy atom. The largest absolute Gasteiger partial charge is 0.488 e. The van der Waals surface area contributed by atoms with Crippen LogP contribution in [0.2, 0.25) is 0 Å². The zero-order valence-electron chi connectivity index (χ0n) is 16.7. The van der Waals surface area contributed by atoms with Gasteiger partial charge in [0.25, 0.3) is 5.91 Å². The van der Waals surface area contributed by atoms with Crippen LogP contribution >= 0.6 is 0 Å². The van der Waals surface area contributed by atoms with E-state index in [-0.39, 0.29) is 5.91 Å². The molecule has 2 aliphatic rings. The fourth-order valence-corrected chi connectivity index (χ4v) is 3.30. The van der Waals surface area contributed by atoms with Gasteiger partial charge in [-0.05, 0) is 45.7 Å². The van der Waals surface area contributed by atoms with E-state index >= 15 is 0 Å². The molecule has 8 heteroatoms. The molecule has 0 bridgehead atoms. The second-order valence-electron chi connectivity index (χ2n) is 7.99. The number of likely N-dealkylation sites (N-methyl/N-ethyl adjacent to an activating group) is 2. The molecule has 0 unspecified atom stereocenters. The molecule has 1 aromatic rings. The van der Waals surface area contributed by atoms with Gasteiger partial charge >= 0.3 is 6.09 Å². The van der Waals surface area contributed by atoms with Gasteiger partial charge in [0.1, 0.15) is 24.1 Å². The highest BCUT2D eigenvalue weighted by atomic mass is 16.6. The van der Waals surface area contributed by atoms with Crippen molar-refractivity contribution in [1.29, 1.82) is 0 Å². The van der Waals surface area contributed by atoms with Crippen molar-refractivity contribution in [1.82, 2.24) is 9.88 Å². The van der Waals surface area contributed by atoms with Gasteiger partial charge in [-0.3, -0.25) is 14.6 Å². The van der Waals surface area contributed by atoms with E-state index in [0.717, 1.165) is 13.0 Å². The molecule has 1 aromatic heterocycles. The van der Waals surface area contributed by atoms with Crippen LogP contribution in [0.1, 0.15) is 33.6 Å². The maximum atomic E-state index is 13.1. The highest BCUT2D eigenvalue weighted by Gasteiger charge is 2.38. The van der Waals surface area contributed by atoms with Crippen LogP contribution in [-0.2, 0) is 9.53 Å². The molecule has 2 amide bonds. The van der Waals surface area contributed by atoms with Crippen molar-refractivity contribution in [3.63, 3.8) is 0 Å². The molecule has 3 rings (SSSR count). The summed E-state index contributed by atoms with van der Waals surface area (Å²) in [6.07, 6.45) is 0.951. The molecular weight excluding hydrogens is 348 g/mol. The summed E-state index contributed by atoms with van der Waals surface area (Å²) in [6.45, 7) is 7.34. The molecule has 8 nitrogen and oxygen atoms in total. The minimum absolute atomic E-state index is 0.162. The Kier molecular flexibility index (Phi) is 5.17. The fraction of sp³-hybridized carbons (Fsp3) is 0.632. The maximum absolute atomic E-state index is 13.1. The van der Waals surface area contributed by atoms with Gasteiger partial charge in [-0.25, -0.2) is 9.78 Å². The molecule has 0 spiro atoms. The average molecular weight is 376 g/mol. The molecule has 3 heterocycles. The van der Waals surface area contributed by atoms with Crippen LogP contribution in [-0.4, -0.2) is 67.3 Å². The van der Waals surface area contributed by atoms with Gasteiger partial charge in [-0.2, -0.15) is 0 Å². The molecule has 1 saturated heterocycles. The first kappa shape index (κ1) is 19.3. The van der Waals surface area contributed by atoms with E-state index in [0.29, 0.717) is 37.0 Å². The van der Waals surface area contributed by atoms with Crippen molar-refractivity contribution in [2.24, 2.45) is 0 Å². The summed E-state index contributed by atoms with van der Waals surface area (Å²) in [6, 6.07) is 3.07. The van der Waals surface area contributed by atoms with Crippen LogP contribution in [0.3, 0.4) is 0 Å². The molecule has 0 aromatic carbocycles. The predicted octanol–water partition coefficient (Wildman–Crippen LogP) is 2.27. The number of hydrogen-bond acceptors (Lipinski definition) is 6. The smallest absolute Gasteiger partial charge is 0.410 e. The minimum atomic E-state index is -0.593. The predicted molar refractivity (Wildman–Crippen MR) is 102 cm³/mol. The van der Waals surface area contributed by atoms with Crippen LogP contribution in [0, 0.1) is 0 Å². The average Bonchev–Trinajstić information content (AvgIpc) is 3.09. The van der Waals surface area contributed by atoms with E-state index in [1.807, 2.05) is 38.8 Å². The third-order valence-electron chi connectivity index (χ3n) is 4.71. The van der Waals surface area contributed by atoms with Crippen molar-refractivity contribution >= 4 is 23.6 Å². The summed E-state index contributed by atoms with van der Waals surface area (Å²) in [5.74, 6) is 1.80. The van der Waals surface area contributed by atoms with Gasteiger partial charge in [0.05, 0.1) is 6.54 Å². The van der Waals surface area contributed by atoms with E-state index in [4.69, 9.17) is 9.47 Å². The third kappa shape index (κ3) is 4.09. The van der Waals surface area contributed by atoms with Crippen LogP contribution in [0.5, 0.6) is 5.75 Å². The van der Waals surface area contributed by atoms with Crippen LogP contribution in [0.4, 0.5) is 16.4 Å². The number of hydrogen-bond donors (Lipinski definition) is 0. The van der Waals surface area contributed by atoms with Crippen LogP contribution in [0.15, 0.2) is 12.1 Å². The Morgan fingerprint density at radius 1 is 1.30 bits per heavy atom. The van der Waals surface area contributed by atoms with Crippen molar-refractivity contribution in [2.75, 3.05) is 43.6 Å². The summed E-state index contributed by atoms with van der Waals surface area (Å²) >= 11 is 0. The van der Waals surface area contributed by atoms with Crippen molar-refractivity contribution in [3.05, 3.63) is 12.1 Å². The van der Waals surface area contributed by atoms with Gasteiger partial charge in [-0.1, -0.05) is 0 Å². The number of aromatic nitrogens is 1. The number of fused-ring (bicyclic) bond motifs is 1. The number of ether oxygens (including phenoxy) is 2. The van der Waals surface area contributed by atoms with Gasteiger partial charge in [0.2, 0.25) is 0 Å². The van der Waals surface area contributed by atoms with E-state index in [9.17, 15) is 9.59 Å². The van der Waals surface area contributed by atoms with E-state index in [2.05, 4.69) is 4.98 Å². The van der Waals surface area contributed by atoms with Crippen molar-refractivity contribution in [2.45, 2.75) is 45.3 Å². The number of pyridine rings is 1. The van der Waals surface area contributed by atoms with E-state index < -0.39 is 17.7 Å². The summed E-state index contributed by atoms with van der Waals surface area (Å²) in [5, 5.41) is 0. The fourth-order valence-electron chi connectivity index (χ4n) is 3.30. The zero-order chi connectivity index (χ0) is 19.8. The molecule has 0 radical (unpaired) electrons. The second kappa shape index (κ2) is 7.25. The Hall–Kier alpha value is -2.51. The number of likely N-dealkylation sites (tertiary alicyclic amines) is 1. The lowest BCUT2D eigenvalue weighted by Gasteiger charge is -2.31. The number of carbonyl (C=O) groups excluding carboxylic acids is 2. The quantitative estimate of drug-likeness (QED) is 0.788. The van der Waals surface area contributed by atoms with Gasteiger partial charge in [0, 0.05) is 20.6 Å². The normalized spacial score (nSPS) is 19.4. The first-order valence-electron chi connectivity index (χ1n) is 9.29. The molecule has 2 aliphatic heterocycles. The van der Waals surface area contributed by atoms with Crippen molar-refractivity contribution < 1.29 is 19.1 Å². The zero-order valence-corrected chi connectivity index (χ0v) is 16.7. The summed E-state index contributed by atoms with van der Waals surface area (Å²) in [5.41, 5.74) is -0.593. The number of nitrogens with zero attached hydrogens (tertiary/aromatic N) is 4. The minimum Gasteiger partial charge on any atom is -0.488 e. The number of rotatable bonds is 2. The summed E-state index contributed by atoms with van der Waals surface area (Å²) in [4.78, 5) is 35.2. The maximum Gasteiger partial charge on any atom is 0.410 e. The Bertz CT molecular complexity index is 731. The lowest BCUT2D eigenvalue weighted by atomic mass is 10.2. The summed E-state index contributed by atoms with van der Waals surface area (Å²) < 4.78 is 11.1. The van der Waals surface area contributed by atoms with E-state index in [1.165, 1.54) is 9.80 Å². The van der Waals surface area contributed by atoms with Crippen LogP contribution < -0.4 is 14.5 Å². The molecule has 1 fully saturated rings. The Labute approximate surface area is 160 Å². The van der Waals surface area contributed by atoms with Crippen LogP contribution in [0.25, 0.3) is 0 Å². The highest BCUT2D eigenvalue weighted by molar-refractivity contribution is 5.98. The van der Waals surface area contributed by atoms with E-state index in [1.54, 1.807) is 13.1 Å². The van der Waals surface area contributed by atoms with Gasteiger partial charge in [-0.15, -0.1) is 0 Å². The monoisotopic (exact) mass is 376 g/mol. The SMILES string of the molecule is CN1CCOc2ccc(N(C)C(=O)[C@@H]3CCCN3C(=O)OC(C)(C)C)nc21. The first-order valence-corrected chi connectivity index (χ1v) is 9.29. The molecule has 27 heavy (non-hydrogen) atoms. The van der Waals surface area contributed by atoms with Gasteiger partial charge in [0.15, 0.2) is 11.6 Å².